The maximum absolute atomic E-state index is 13.0. The Labute approximate surface area is 155 Å². The first-order valence-corrected chi connectivity index (χ1v) is 9.48. The van der Waals surface area contributed by atoms with Gasteiger partial charge in [-0.3, -0.25) is 0 Å². The lowest BCUT2D eigenvalue weighted by molar-refractivity contribution is 0.0940. The van der Waals surface area contributed by atoms with Crippen molar-refractivity contribution in [1.29, 1.82) is 5.26 Å². The third kappa shape index (κ3) is 4.74. The van der Waals surface area contributed by atoms with Gasteiger partial charge in [0, 0.05) is 25.2 Å². The molecule has 1 fully saturated rings. The van der Waals surface area contributed by atoms with Crippen molar-refractivity contribution in [3.63, 3.8) is 0 Å². The first-order valence-electron chi connectivity index (χ1n) is 9.48. The zero-order chi connectivity index (χ0) is 18.5. The highest BCUT2D eigenvalue weighted by Gasteiger charge is 2.26. The van der Waals surface area contributed by atoms with Crippen LogP contribution in [0.4, 0.5) is 4.39 Å². The van der Waals surface area contributed by atoms with Gasteiger partial charge < -0.3 is 9.64 Å². The Hall–Kier alpha value is -2.12. The van der Waals surface area contributed by atoms with Gasteiger partial charge in [0.15, 0.2) is 0 Å². The van der Waals surface area contributed by atoms with E-state index in [9.17, 15) is 4.39 Å². The average molecular weight is 354 g/mol. The number of piperidine rings is 1. The predicted molar refractivity (Wildman–Crippen MR) is 101 cm³/mol. The first kappa shape index (κ1) is 18.7. The average Bonchev–Trinajstić information content (AvgIpc) is 2.98. The van der Waals surface area contributed by atoms with Gasteiger partial charge in [-0.25, -0.2) is 4.39 Å². The minimum absolute atomic E-state index is 0.216. The normalized spacial score (nSPS) is 22.5. The van der Waals surface area contributed by atoms with Crippen molar-refractivity contribution in [2.45, 2.75) is 45.6 Å². The molecule has 0 N–H and O–H groups in total. The van der Waals surface area contributed by atoms with Crippen molar-refractivity contribution < 1.29 is 9.13 Å². The van der Waals surface area contributed by atoms with Crippen LogP contribution < -0.4 is 4.74 Å². The van der Waals surface area contributed by atoms with Crippen molar-refractivity contribution in [1.82, 2.24) is 4.90 Å². The fourth-order valence-corrected chi connectivity index (χ4v) is 3.94. The molecule has 1 unspecified atom stereocenters. The van der Waals surface area contributed by atoms with Crippen LogP contribution in [0, 0.1) is 23.1 Å². The monoisotopic (exact) mass is 354 g/mol. The van der Waals surface area contributed by atoms with Crippen LogP contribution in [0.2, 0.25) is 0 Å². The van der Waals surface area contributed by atoms with Crippen LogP contribution in [-0.2, 0) is 0 Å². The molecule has 1 aromatic rings. The third-order valence-electron chi connectivity index (χ3n) is 5.58. The Bertz CT molecular complexity index is 722. The minimum atomic E-state index is -0.230. The highest BCUT2D eigenvalue weighted by atomic mass is 19.1. The molecule has 0 bridgehead atoms. The van der Waals surface area contributed by atoms with E-state index in [0.717, 1.165) is 50.2 Å². The van der Waals surface area contributed by atoms with Crippen molar-refractivity contribution in [2.75, 3.05) is 19.6 Å². The van der Waals surface area contributed by atoms with E-state index < -0.39 is 0 Å². The molecule has 0 amide bonds. The molecule has 26 heavy (non-hydrogen) atoms. The van der Waals surface area contributed by atoms with E-state index in [2.05, 4.69) is 24.0 Å². The highest BCUT2D eigenvalue weighted by molar-refractivity contribution is 5.36. The van der Waals surface area contributed by atoms with Gasteiger partial charge in [-0.1, -0.05) is 5.57 Å². The molecule has 1 aliphatic carbocycles. The summed E-state index contributed by atoms with van der Waals surface area (Å²) < 4.78 is 19.0. The fraction of sp³-hybridized carbons (Fsp3) is 0.500. The molecule has 0 spiro atoms. The second-order valence-electron chi connectivity index (χ2n) is 7.45. The quantitative estimate of drug-likeness (QED) is 0.708. The van der Waals surface area contributed by atoms with Crippen LogP contribution in [0.5, 0.6) is 5.75 Å². The van der Waals surface area contributed by atoms with Gasteiger partial charge in [0.1, 0.15) is 17.7 Å². The Kier molecular flexibility index (Phi) is 6.11. The van der Waals surface area contributed by atoms with Crippen LogP contribution >= 0.6 is 0 Å². The number of hydrogen-bond donors (Lipinski definition) is 0. The zero-order valence-electron chi connectivity index (χ0n) is 15.7. The molecule has 4 heteroatoms. The van der Waals surface area contributed by atoms with E-state index in [1.807, 2.05) is 6.92 Å². The Morgan fingerprint density at radius 2 is 1.96 bits per heavy atom. The summed E-state index contributed by atoms with van der Waals surface area (Å²) in [5.41, 5.74) is 3.59. The largest absolute Gasteiger partial charge is 0.490 e. The molecule has 138 valence electrons. The number of likely N-dealkylation sites (tertiary alicyclic amines) is 1. The number of nitriles is 1. The lowest BCUT2D eigenvalue weighted by atomic mass is 9.99. The van der Waals surface area contributed by atoms with Crippen molar-refractivity contribution in [3.8, 4) is 11.8 Å². The summed E-state index contributed by atoms with van der Waals surface area (Å²) in [5, 5.41) is 8.97. The predicted octanol–water partition coefficient (Wildman–Crippen LogP) is 4.87. The molecule has 3 rings (SSSR count). The van der Waals surface area contributed by atoms with Crippen molar-refractivity contribution >= 4 is 0 Å². The number of ether oxygens (including phenoxy) is 1. The number of rotatable bonds is 5. The van der Waals surface area contributed by atoms with Crippen LogP contribution in [0.1, 0.15) is 39.5 Å². The minimum Gasteiger partial charge on any atom is -0.490 e. The second-order valence-corrected chi connectivity index (χ2v) is 7.45. The van der Waals surface area contributed by atoms with E-state index in [1.165, 1.54) is 29.7 Å². The van der Waals surface area contributed by atoms with Crippen LogP contribution in [-0.4, -0.2) is 30.6 Å². The summed E-state index contributed by atoms with van der Waals surface area (Å²) in [4.78, 5) is 2.53. The van der Waals surface area contributed by atoms with E-state index in [0.29, 0.717) is 5.92 Å². The number of nitrogens with zero attached hydrogens (tertiary/aromatic N) is 2. The molecule has 1 saturated heterocycles. The number of halogens is 1. The van der Waals surface area contributed by atoms with Gasteiger partial charge in [-0.15, -0.1) is 0 Å². The smallest absolute Gasteiger partial charge is 0.123 e. The number of allylic oxidation sites excluding steroid dienone is 3. The first-order chi connectivity index (χ1) is 12.5. The van der Waals surface area contributed by atoms with E-state index in [1.54, 1.807) is 12.1 Å². The third-order valence-corrected chi connectivity index (χ3v) is 5.58. The van der Waals surface area contributed by atoms with Gasteiger partial charge in [-0.05, 0) is 81.4 Å². The lowest BCUT2D eigenvalue weighted by Gasteiger charge is -2.34. The number of hydrogen-bond acceptors (Lipinski definition) is 3. The fourth-order valence-electron chi connectivity index (χ4n) is 3.94. The van der Waals surface area contributed by atoms with E-state index >= 15 is 0 Å². The van der Waals surface area contributed by atoms with Gasteiger partial charge >= 0.3 is 0 Å². The maximum atomic E-state index is 13.0. The zero-order valence-corrected chi connectivity index (χ0v) is 15.7. The van der Waals surface area contributed by atoms with E-state index in [-0.39, 0.29) is 11.9 Å². The van der Waals surface area contributed by atoms with Crippen molar-refractivity contribution in [2.24, 2.45) is 5.92 Å². The molecule has 1 aliphatic heterocycles. The summed E-state index contributed by atoms with van der Waals surface area (Å²) in [6, 6.07) is 8.51. The highest BCUT2D eigenvalue weighted by Crippen LogP contribution is 2.34. The van der Waals surface area contributed by atoms with Gasteiger partial charge in [0.25, 0.3) is 0 Å². The maximum Gasteiger partial charge on any atom is 0.123 e. The van der Waals surface area contributed by atoms with E-state index in [4.69, 9.17) is 10.00 Å². The molecular weight excluding hydrogens is 327 g/mol. The summed E-state index contributed by atoms with van der Waals surface area (Å²) >= 11 is 0. The lowest BCUT2D eigenvalue weighted by Crippen LogP contribution is -2.40. The summed E-state index contributed by atoms with van der Waals surface area (Å²) in [6.45, 7) is 7.27. The molecule has 1 aromatic carbocycles. The Morgan fingerprint density at radius 3 is 2.62 bits per heavy atom. The SMILES string of the molecule is CC1=C(/C=C(\C)C#N)CCC1CN1CCC(Oc2ccc(F)cc2)CC1. The van der Waals surface area contributed by atoms with Gasteiger partial charge in [0.05, 0.1) is 6.07 Å². The van der Waals surface area contributed by atoms with Crippen molar-refractivity contribution in [3.05, 3.63) is 52.9 Å². The molecule has 0 radical (unpaired) electrons. The Balaban J connectivity index is 1.48. The standard InChI is InChI=1S/C22H27FN2O/c1-16(14-24)13-18-3-4-19(17(18)2)15-25-11-9-22(10-12-25)26-21-7-5-20(23)6-8-21/h5-8,13,19,22H,3-4,9-12,15H2,1-2H3/b16-13+. The molecule has 3 nitrogen and oxygen atoms in total. The molecule has 1 heterocycles. The Morgan fingerprint density at radius 1 is 1.27 bits per heavy atom. The summed E-state index contributed by atoms with van der Waals surface area (Å²) in [7, 11) is 0. The molecular formula is C22H27FN2O. The van der Waals surface area contributed by atoms with Gasteiger partial charge in [0.2, 0.25) is 0 Å². The van der Waals surface area contributed by atoms with Crippen LogP contribution in [0.3, 0.4) is 0 Å². The molecule has 0 saturated carbocycles. The second kappa shape index (κ2) is 8.51. The summed E-state index contributed by atoms with van der Waals surface area (Å²) in [6.07, 6.45) is 6.55. The molecule has 0 aromatic heterocycles. The van der Waals surface area contributed by atoms with Gasteiger partial charge in [-0.2, -0.15) is 5.26 Å². The topological polar surface area (TPSA) is 36.3 Å². The van der Waals surface area contributed by atoms with Crippen LogP contribution in [0.15, 0.2) is 47.1 Å². The molecule has 2 aliphatic rings. The number of benzene rings is 1. The molecule has 1 atom stereocenters. The summed E-state index contributed by atoms with van der Waals surface area (Å²) in [5.74, 6) is 1.12. The van der Waals surface area contributed by atoms with Crippen LogP contribution in [0.25, 0.3) is 0 Å².